The lowest BCUT2D eigenvalue weighted by molar-refractivity contribution is -0.687. The molecular formula is C33H9BF20N2. The zero-order valence-electron chi connectivity index (χ0n) is 26.3. The fourth-order valence-electron chi connectivity index (χ4n) is 5.68. The van der Waals surface area contributed by atoms with Crippen LogP contribution in [0.4, 0.5) is 87.8 Å². The van der Waals surface area contributed by atoms with Crippen molar-refractivity contribution in [3.05, 3.63) is 159 Å². The molecule has 0 amide bonds. The molecule has 0 N–H and O–H groups in total. The van der Waals surface area contributed by atoms with Crippen LogP contribution < -0.4 is 26.4 Å². The Bertz CT molecular complexity index is 2100. The minimum Gasteiger partial charge on any atom is -0.207 e. The molecule has 0 aliphatic heterocycles. The molecule has 0 aliphatic carbocycles. The summed E-state index contributed by atoms with van der Waals surface area (Å²) in [5, 5.41) is 8.48. The topological polar surface area (TPSA) is 27.7 Å². The van der Waals surface area contributed by atoms with Crippen molar-refractivity contribution >= 4 is 28.0 Å². The Labute approximate surface area is 297 Å². The smallest absolute Gasteiger partial charge is 0.200 e. The number of nitriles is 1. The van der Waals surface area contributed by atoms with Crippen LogP contribution in [-0.2, 0) is 6.54 Å². The molecule has 56 heavy (non-hydrogen) atoms. The van der Waals surface area contributed by atoms with Crippen molar-refractivity contribution in [2.24, 2.45) is 0 Å². The molecule has 0 bridgehead atoms. The van der Waals surface area contributed by atoms with Crippen LogP contribution in [0, 0.1) is 128 Å². The summed E-state index contributed by atoms with van der Waals surface area (Å²) in [6.45, 7) is 4.40. The highest BCUT2D eigenvalue weighted by Crippen LogP contribution is 2.30. The van der Waals surface area contributed by atoms with E-state index in [9.17, 15) is 52.7 Å². The first-order valence-electron chi connectivity index (χ1n) is 14.3. The van der Waals surface area contributed by atoms with Gasteiger partial charge in [-0.2, -0.15) is 5.26 Å². The van der Waals surface area contributed by atoms with Crippen molar-refractivity contribution in [3.63, 3.8) is 0 Å². The number of aromatic nitrogens is 1. The van der Waals surface area contributed by atoms with E-state index < -0.39 is 144 Å². The average molecular weight is 824 g/mol. The maximum atomic E-state index is 15.4. The highest BCUT2D eigenvalue weighted by atomic mass is 19.2. The summed E-state index contributed by atoms with van der Waals surface area (Å²) in [6, 6.07) is 5.62. The van der Waals surface area contributed by atoms with E-state index in [1.165, 1.54) is 0 Å². The highest BCUT2D eigenvalue weighted by molar-refractivity contribution is 7.20. The standard InChI is InChI=1S/C24BF20.C9H9N2/c26-5-1(6(27)14(35)21(42)13(5)34)25(2-7(28)15(36)22(43)16(37)8(2)29,3-9(30)17(38)23(44)18(39)10(3)31)4-11(32)19(40)24(45)20(41)12(4)33;1-2-5-11-6-3-9(8-10)4-7-11/h;2-4,6-7H,1,5H2/q-1;+1. The van der Waals surface area contributed by atoms with E-state index in [1.807, 2.05) is 23.0 Å². The lowest BCUT2D eigenvalue weighted by atomic mass is 9.12. The van der Waals surface area contributed by atoms with Crippen LogP contribution in [-0.4, -0.2) is 6.15 Å². The van der Waals surface area contributed by atoms with Crippen molar-refractivity contribution in [1.29, 1.82) is 5.26 Å². The van der Waals surface area contributed by atoms with Gasteiger partial charge < -0.3 is 0 Å². The second kappa shape index (κ2) is 15.6. The predicted octanol–water partition coefficient (Wildman–Crippen LogP) is 6.88. The van der Waals surface area contributed by atoms with E-state index >= 15 is 35.1 Å². The third kappa shape index (κ3) is 6.35. The second-order valence-corrected chi connectivity index (χ2v) is 11.0. The third-order valence-corrected chi connectivity index (χ3v) is 8.07. The van der Waals surface area contributed by atoms with Gasteiger partial charge in [0, 0.05) is 12.1 Å². The Morgan fingerprint density at radius 2 is 0.607 bits per heavy atom. The number of pyridine rings is 1. The summed E-state index contributed by atoms with van der Waals surface area (Å²) < 4.78 is 296. The SMILES string of the molecule is C=CC[n+]1ccc(C#N)cc1.Fc1c(F)c(F)c([B-](c2c(F)c(F)c(F)c(F)c2F)(c2c(F)c(F)c(F)c(F)c2F)c2c(F)c(F)c(F)c(F)c2F)c(F)c1F. The number of nitrogens with zero attached hydrogens (tertiary/aromatic N) is 2. The number of halogens is 20. The quantitative estimate of drug-likeness (QED) is 0.0459. The molecule has 0 aliphatic rings. The normalized spacial score (nSPS) is 11.3. The van der Waals surface area contributed by atoms with Crippen LogP contribution in [0.25, 0.3) is 0 Å². The molecule has 1 aromatic heterocycles. The third-order valence-electron chi connectivity index (χ3n) is 8.07. The van der Waals surface area contributed by atoms with Crippen LogP contribution in [0.2, 0.25) is 0 Å². The first-order chi connectivity index (χ1) is 26.1. The summed E-state index contributed by atoms with van der Waals surface area (Å²) >= 11 is 0. The zero-order chi connectivity index (χ0) is 42.5. The monoisotopic (exact) mass is 824 g/mol. The molecule has 0 saturated heterocycles. The van der Waals surface area contributed by atoms with E-state index in [0.717, 1.165) is 6.54 Å². The van der Waals surface area contributed by atoms with E-state index in [1.54, 1.807) is 12.1 Å². The molecule has 0 fully saturated rings. The van der Waals surface area contributed by atoms with Gasteiger partial charge in [-0.25, -0.2) is 92.4 Å². The molecule has 1 heterocycles. The molecule has 23 heteroatoms. The van der Waals surface area contributed by atoms with Crippen LogP contribution in [0.3, 0.4) is 0 Å². The molecule has 0 unspecified atom stereocenters. The minimum absolute atomic E-state index is 0.685. The largest absolute Gasteiger partial charge is 0.207 e. The summed E-state index contributed by atoms with van der Waals surface area (Å²) in [7, 11) is 0. The van der Waals surface area contributed by atoms with Gasteiger partial charge in [0.25, 0.3) is 0 Å². The van der Waals surface area contributed by atoms with Gasteiger partial charge in [-0.15, -0.1) is 21.9 Å². The number of allylic oxidation sites excluding steroid dienone is 1. The summed E-state index contributed by atoms with van der Waals surface area (Å²) in [5.41, 5.74) is -13.6. The van der Waals surface area contributed by atoms with Gasteiger partial charge in [0.15, 0.2) is 88.7 Å². The van der Waals surface area contributed by atoms with Crippen molar-refractivity contribution in [3.8, 4) is 6.07 Å². The molecule has 0 spiro atoms. The Balaban J connectivity index is 0.000000544. The second-order valence-electron chi connectivity index (χ2n) is 11.0. The Morgan fingerprint density at radius 1 is 0.411 bits per heavy atom. The van der Waals surface area contributed by atoms with E-state index in [0.29, 0.717) is 5.56 Å². The minimum atomic E-state index is -7.22. The Morgan fingerprint density at radius 3 is 0.786 bits per heavy atom. The summed E-state index contributed by atoms with van der Waals surface area (Å²) in [4.78, 5) is 0. The van der Waals surface area contributed by atoms with Crippen LogP contribution in [0.1, 0.15) is 5.56 Å². The van der Waals surface area contributed by atoms with Crippen molar-refractivity contribution in [2.75, 3.05) is 0 Å². The van der Waals surface area contributed by atoms with E-state index in [-0.39, 0.29) is 0 Å². The molecule has 294 valence electrons. The molecule has 4 aromatic carbocycles. The van der Waals surface area contributed by atoms with Gasteiger partial charge in [-0.3, -0.25) is 0 Å². The maximum Gasteiger partial charge on any atom is 0.200 e. The lowest BCUT2D eigenvalue weighted by Crippen LogP contribution is -2.81. The summed E-state index contributed by atoms with van der Waals surface area (Å²) in [5.74, 6) is -71.4. The van der Waals surface area contributed by atoms with Gasteiger partial charge in [0.2, 0.25) is 0 Å². The van der Waals surface area contributed by atoms with Gasteiger partial charge in [0.1, 0.15) is 52.7 Å². The predicted molar refractivity (Wildman–Crippen MR) is 151 cm³/mol. The fraction of sp³-hybridized carbons (Fsp3) is 0.0303. The van der Waals surface area contributed by atoms with E-state index in [2.05, 4.69) is 12.6 Å². The highest BCUT2D eigenvalue weighted by Gasteiger charge is 2.52. The Hall–Kier alpha value is -6.08. The van der Waals surface area contributed by atoms with Gasteiger partial charge in [-0.1, -0.05) is 6.58 Å². The molecule has 5 rings (SSSR count). The van der Waals surface area contributed by atoms with Gasteiger partial charge in [0.05, 0.1) is 11.6 Å². The van der Waals surface area contributed by atoms with Gasteiger partial charge >= 0.3 is 0 Å². The molecule has 2 nitrogen and oxygen atoms in total. The number of hydrogen-bond acceptors (Lipinski definition) is 1. The fourth-order valence-corrected chi connectivity index (χ4v) is 5.68. The molecule has 0 atom stereocenters. The maximum absolute atomic E-state index is 15.4. The lowest BCUT2D eigenvalue weighted by Gasteiger charge is -2.44. The molecular weight excluding hydrogens is 815 g/mol. The van der Waals surface area contributed by atoms with E-state index in [4.69, 9.17) is 5.26 Å². The van der Waals surface area contributed by atoms with Crippen molar-refractivity contribution in [1.82, 2.24) is 0 Å². The van der Waals surface area contributed by atoms with Gasteiger partial charge in [-0.05, 0) is 6.08 Å². The number of rotatable bonds is 6. The van der Waals surface area contributed by atoms with Crippen LogP contribution >= 0.6 is 0 Å². The zero-order valence-corrected chi connectivity index (χ0v) is 26.3. The molecule has 0 saturated carbocycles. The van der Waals surface area contributed by atoms with Crippen LogP contribution in [0.15, 0.2) is 37.2 Å². The van der Waals surface area contributed by atoms with Crippen molar-refractivity contribution in [2.45, 2.75) is 6.54 Å². The first kappa shape index (κ1) is 42.7. The average Bonchev–Trinajstić information content (AvgIpc) is 3.18. The first-order valence-corrected chi connectivity index (χ1v) is 14.3. The van der Waals surface area contributed by atoms with Crippen LogP contribution in [0.5, 0.6) is 0 Å². The number of benzene rings is 4. The van der Waals surface area contributed by atoms with Crippen molar-refractivity contribution < 1.29 is 92.4 Å². The molecule has 5 aromatic rings. The Kier molecular flexibility index (Phi) is 11.9. The number of hydrogen-bond donors (Lipinski definition) is 0. The summed E-state index contributed by atoms with van der Waals surface area (Å²) in [6.07, 6.45) is -1.68. The molecule has 0 radical (unpaired) electrons.